The zero-order valence-electron chi connectivity index (χ0n) is 25.5. The van der Waals surface area contributed by atoms with Crippen LogP contribution in [0.4, 0.5) is 11.4 Å². The summed E-state index contributed by atoms with van der Waals surface area (Å²) in [6.07, 6.45) is 4.51. The molecule has 9 aromatic rings. The van der Waals surface area contributed by atoms with Crippen LogP contribution in [0.25, 0.3) is 72.5 Å². The number of hydrogen-bond donors (Lipinski definition) is 0. The molecule has 0 bridgehead atoms. The predicted molar refractivity (Wildman–Crippen MR) is 196 cm³/mol. The van der Waals surface area contributed by atoms with Crippen molar-refractivity contribution in [1.82, 2.24) is 14.1 Å². The summed E-state index contributed by atoms with van der Waals surface area (Å²) in [6, 6.07) is 56.1. The Hall–Kier alpha value is -6.39. The zero-order valence-corrected chi connectivity index (χ0v) is 25.5. The van der Waals surface area contributed by atoms with Crippen LogP contribution in [0.5, 0.6) is 0 Å². The summed E-state index contributed by atoms with van der Waals surface area (Å²) in [7, 11) is 0. The second-order valence-corrected chi connectivity index (χ2v) is 12.1. The number of anilines is 2. The number of para-hydroxylation sites is 5. The van der Waals surface area contributed by atoms with E-state index in [1.54, 1.807) is 0 Å². The first-order valence-corrected chi connectivity index (χ1v) is 16.0. The molecular weight excluding hydrogens is 573 g/mol. The molecule has 0 N–H and O–H groups in total. The van der Waals surface area contributed by atoms with E-state index in [-0.39, 0.29) is 0 Å². The third kappa shape index (κ3) is 3.85. The van der Waals surface area contributed by atoms with Crippen molar-refractivity contribution in [3.8, 4) is 22.8 Å². The number of benzene rings is 7. The number of nitrogens with zero attached hydrogens (tertiary/aromatic N) is 4. The van der Waals surface area contributed by atoms with Gasteiger partial charge < -0.3 is 9.47 Å². The summed E-state index contributed by atoms with van der Waals surface area (Å²) in [4.78, 5) is 7.46. The average molecular weight is 601 g/mol. The molecule has 10 rings (SSSR count). The first kappa shape index (κ1) is 25.9. The molecule has 1 aliphatic heterocycles. The fourth-order valence-corrected chi connectivity index (χ4v) is 7.45. The first-order chi connectivity index (χ1) is 23.3. The van der Waals surface area contributed by atoms with Gasteiger partial charge in [0.2, 0.25) is 0 Å². The van der Waals surface area contributed by atoms with Gasteiger partial charge in [-0.05, 0) is 83.8 Å². The molecule has 0 fully saturated rings. The summed E-state index contributed by atoms with van der Waals surface area (Å²) in [6.45, 7) is 0. The fourth-order valence-electron chi connectivity index (χ4n) is 7.45. The van der Waals surface area contributed by atoms with Gasteiger partial charge in [-0.3, -0.25) is 4.57 Å². The van der Waals surface area contributed by atoms with Crippen LogP contribution in [-0.2, 0) is 0 Å². The van der Waals surface area contributed by atoms with E-state index in [4.69, 9.17) is 4.98 Å². The molecule has 4 heteroatoms. The molecular formula is C43H28N4. The molecule has 220 valence electrons. The van der Waals surface area contributed by atoms with Crippen LogP contribution in [0.2, 0.25) is 0 Å². The highest BCUT2D eigenvalue weighted by molar-refractivity contribution is 6.22. The van der Waals surface area contributed by atoms with Gasteiger partial charge in [0.15, 0.2) is 0 Å². The minimum Gasteiger partial charge on any atom is -0.317 e. The lowest BCUT2D eigenvalue weighted by atomic mass is 9.94. The Balaban J connectivity index is 1.23. The van der Waals surface area contributed by atoms with Crippen LogP contribution in [0.15, 0.2) is 164 Å². The highest BCUT2D eigenvalue weighted by atomic mass is 15.1. The van der Waals surface area contributed by atoms with E-state index in [2.05, 4.69) is 184 Å². The van der Waals surface area contributed by atoms with Crippen molar-refractivity contribution in [2.45, 2.75) is 0 Å². The molecule has 1 aliphatic rings. The lowest BCUT2D eigenvalue weighted by molar-refractivity contribution is 1.10. The van der Waals surface area contributed by atoms with E-state index in [0.29, 0.717) is 0 Å². The molecule has 0 saturated carbocycles. The van der Waals surface area contributed by atoms with Crippen molar-refractivity contribution in [3.05, 3.63) is 169 Å². The molecule has 4 nitrogen and oxygen atoms in total. The Labute approximate surface area is 271 Å². The normalized spacial score (nSPS) is 12.6. The average Bonchev–Trinajstić information content (AvgIpc) is 3.69. The van der Waals surface area contributed by atoms with Crippen molar-refractivity contribution >= 4 is 61.1 Å². The maximum atomic E-state index is 5.16. The maximum Gasteiger partial charge on any atom is 0.145 e. The molecule has 0 radical (unpaired) electrons. The van der Waals surface area contributed by atoms with Crippen LogP contribution in [-0.4, -0.2) is 14.1 Å². The Morgan fingerprint density at radius 2 is 1.17 bits per heavy atom. The van der Waals surface area contributed by atoms with Gasteiger partial charge in [-0.1, -0.05) is 91.0 Å². The van der Waals surface area contributed by atoms with E-state index >= 15 is 0 Å². The minimum absolute atomic E-state index is 0.925. The largest absolute Gasteiger partial charge is 0.317 e. The smallest absolute Gasteiger partial charge is 0.145 e. The molecule has 3 heterocycles. The molecule has 47 heavy (non-hydrogen) atoms. The van der Waals surface area contributed by atoms with E-state index in [9.17, 15) is 0 Å². The van der Waals surface area contributed by atoms with Gasteiger partial charge in [0.25, 0.3) is 0 Å². The Morgan fingerprint density at radius 1 is 0.468 bits per heavy atom. The predicted octanol–water partition coefficient (Wildman–Crippen LogP) is 11.1. The van der Waals surface area contributed by atoms with E-state index in [1.165, 1.54) is 43.8 Å². The van der Waals surface area contributed by atoms with Gasteiger partial charge in [-0.2, -0.15) is 0 Å². The minimum atomic E-state index is 0.925. The molecule has 0 spiro atoms. The molecule has 0 aliphatic carbocycles. The van der Waals surface area contributed by atoms with Gasteiger partial charge in [0, 0.05) is 45.0 Å². The molecule has 0 saturated heterocycles. The van der Waals surface area contributed by atoms with Crippen LogP contribution in [0.3, 0.4) is 0 Å². The number of hydrogen-bond acceptors (Lipinski definition) is 2. The second-order valence-electron chi connectivity index (χ2n) is 12.1. The number of fused-ring (bicyclic) bond motifs is 5. The van der Waals surface area contributed by atoms with Gasteiger partial charge >= 0.3 is 0 Å². The summed E-state index contributed by atoms with van der Waals surface area (Å²) in [5, 5.41) is 5.02. The van der Waals surface area contributed by atoms with Crippen LogP contribution >= 0.6 is 0 Å². The highest BCUT2D eigenvalue weighted by Crippen LogP contribution is 2.45. The van der Waals surface area contributed by atoms with Crippen LogP contribution in [0, 0.1) is 0 Å². The van der Waals surface area contributed by atoms with Crippen molar-refractivity contribution in [1.29, 1.82) is 0 Å². The van der Waals surface area contributed by atoms with Gasteiger partial charge in [-0.25, -0.2) is 4.98 Å². The van der Waals surface area contributed by atoms with E-state index in [1.807, 2.05) is 0 Å². The van der Waals surface area contributed by atoms with Gasteiger partial charge in [0.1, 0.15) is 5.82 Å². The molecule has 7 aromatic carbocycles. The fraction of sp³-hybridized carbons (Fsp3) is 0. The van der Waals surface area contributed by atoms with Crippen molar-refractivity contribution in [2.75, 3.05) is 4.90 Å². The summed E-state index contributed by atoms with van der Waals surface area (Å²) in [5.41, 5.74) is 11.3. The quantitative estimate of drug-likeness (QED) is 0.201. The van der Waals surface area contributed by atoms with Crippen molar-refractivity contribution in [3.63, 3.8) is 0 Å². The Kier molecular flexibility index (Phi) is 5.54. The molecule has 0 unspecified atom stereocenters. The van der Waals surface area contributed by atoms with Crippen molar-refractivity contribution in [2.24, 2.45) is 0 Å². The second kappa shape index (κ2) is 10.1. The van der Waals surface area contributed by atoms with Crippen LogP contribution in [0.1, 0.15) is 5.56 Å². The van der Waals surface area contributed by atoms with E-state index in [0.717, 1.165) is 39.5 Å². The standard InChI is InChI=1S/C43H28N4/c1-3-15-31(16-4-1)45-26-25-35-41-29(13-12-24-39(41)45)28-40-42(35)34-20-7-9-22-37(34)46(40)33-19-11-14-30(27-33)43-44-36-21-8-10-23-38(36)47(43)32-17-5-2-6-18-32/h1-28H. The molecule has 0 atom stereocenters. The summed E-state index contributed by atoms with van der Waals surface area (Å²) >= 11 is 0. The number of aromatic nitrogens is 3. The highest BCUT2D eigenvalue weighted by Gasteiger charge is 2.23. The Bertz CT molecular complexity index is 2680. The third-order valence-electron chi connectivity index (χ3n) is 9.44. The molecule has 2 aromatic heterocycles. The maximum absolute atomic E-state index is 5.16. The topological polar surface area (TPSA) is 26.0 Å². The van der Waals surface area contributed by atoms with E-state index < -0.39 is 0 Å². The Morgan fingerprint density at radius 3 is 2.02 bits per heavy atom. The van der Waals surface area contributed by atoms with Gasteiger partial charge in [-0.15, -0.1) is 0 Å². The van der Waals surface area contributed by atoms with Crippen molar-refractivity contribution < 1.29 is 0 Å². The lowest BCUT2D eigenvalue weighted by Crippen LogP contribution is -2.11. The monoisotopic (exact) mass is 600 g/mol. The lowest BCUT2D eigenvalue weighted by Gasteiger charge is -2.27. The summed E-state index contributed by atoms with van der Waals surface area (Å²) < 4.78 is 4.69. The SMILES string of the molecule is C1=CN(c2ccccc2)c2cccc3cc4c(c1c23)c1ccccc1n4-c1cccc(-c2nc3ccccc3n2-c2ccccc2)c1. The van der Waals surface area contributed by atoms with Gasteiger partial charge in [0.05, 0.1) is 27.8 Å². The zero-order chi connectivity index (χ0) is 30.9. The third-order valence-corrected chi connectivity index (χ3v) is 9.44. The van der Waals surface area contributed by atoms with Crippen LogP contribution < -0.4 is 4.90 Å². The first-order valence-electron chi connectivity index (χ1n) is 16.0. The molecule has 0 amide bonds. The number of rotatable bonds is 4. The summed E-state index contributed by atoms with van der Waals surface area (Å²) in [5.74, 6) is 0.925. The number of imidazole rings is 1.